The Hall–Kier alpha value is -1.31. The molecule has 4 heteroatoms. The molecule has 0 saturated heterocycles. The van der Waals surface area contributed by atoms with E-state index in [4.69, 9.17) is 5.11 Å². The zero-order valence-corrected chi connectivity index (χ0v) is 12.6. The molecule has 104 valence electrons. The van der Waals surface area contributed by atoms with E-state index < -0.39 is 0 Å². The lowest BCUT2D eigenvalue weighted by Gasteiger charge is -2.26. The predicted octanol–water partition coefficient (Wildman–Crippen LogP) is 2.74. The number of aliphatic hydroxyl groups is 1. The monoisotopic (exact) mass is 279 g/mol. The number of hydrogen-bond donors (Lipinski definition) is 1. The van der Waals surface area contributed by atoms with E-state index in [0.717, 1.165) is 12.0 Å². The quantitative estimate of drug-likeness (QED) is 0.842. The van der Waals surface area contributed by atoms with Gasteiger partial charge in [0.05, 0.1) is 6.61 Å². The Morgan fingerprint density at radius 2 is 2.26 bits per heavy atom. The van der Waals surface area contributed by atoms with Crippen molar-refractivity contribution in [3.05, 3.63) is 21.9 Å². The molecule has 1 aromatic rings. The highest BCUT2D eigenvalue weighted by Gasteiger charge is 2.21. The summed E-state index contributed by atoms with van der Waals surface area (Å²) in [4.78, 5) is 15.1. The number of rotatable bonds is 5. The molecular weight excluding hydrogens is 258 g/mol. The summed E-state index contributed by atoms with van der Waals surface area (Å²) in [5, 5.41) is 10.6. The number of thiophene rings is 1. The Morgan fingerprint density at radius 1 is 1.53 bits per heavy atom. The summed E-state index contributed by atoms with van der Waals surface area (Å²) in [6, 6.07) is 2.10. The molecule has 0 aliphatic carbocycles. The van der Waals surface area contributed by atoms with Crippen LogP contribution in [0, 0.1) is 11.8 Å². The fourth-order valence-corrected chi connectivity index (χ4v) is 2.60. The van der Waals surface area contributed by atoms with Crippen molar-refractivity contribution in [1.82, 2.24) is 4.90 Å². The third kappa shape index (κ3) is 4.09. The molecule has 3 nitrogen and oxygen atoms in total. The van der Waals surface area contributed by atoms with E-state index >= 15 is 0 Å². The number of carbonyl (C=O) groups excluding carboxylic acids is 1. The van der Waals surface area contributed by atoms with Gasteiger partial charge in [-0.1, -0.05) is 18.8 Å². The van der Waals surface area contributed by atoms with Gasteiger partial charge < -0.3 is 10.0 Å². The topological polar surface area (TPSA) is 40.5 Å². The zero-order valence-electron chi connectivity index (χ0n) is 11.8. The molecule has 0 fully saturated rings. The van der Waals surface area contributed by atoms with Crippen molar-refractivity contribution in [3.63, 3.8) is 0 Å². The van der Waals surface area contributed by atoms with Crippen molar-refractivity contribution in [1.29, 1.82) is 0 Å². The standard InChI is InChI=1S/C15H21NO2S/c1-4-12(3)16(5-2)15(18)14-13(9-11-19-14)8-6-7-10-17/h9,11-12,17H,4-5,7,10H2,1-3H3. The molecule has 0 aliphatic heterocycles. The summed E-state index contributed by atoms with van der Waals surface area (Å²) in [7, 11) is 0. The van der Waals surface area contributed by atoms with Crippen molar-refractivity contribution >= 4 is 17.2 Å². The van der Waals surface area contributed by atoms with Gasteiger partial charge in [-0.2, -0.15) is 0 Å². The Bertz CT molecular complexity index is 470. The van der Waals surface area contributed by atoms with Gasteiger partial charge in [0, 0.05) is 24.6 Å². The van der Waals surface area contributed by atoms with E-state index in [1.807, 2.05) is 23.3 Å². The molecule has 0 radical (unpaired) electrons. The summed E-state index contributed by atoms with van der Waals surface area (Å²) in [5.41, 5.74) is 0.769. The van der Waals surface area contributed by atoms with Gasteiger partial charge in [0.2, 0.25) is 0 Å². The fraction of sp³-hybridized carbons (Fsp3) is 0.533. The molecule has 0 bridgehead atoms. The molecule has 0 saturated carbocycles. The van der Waals surface area contributed by atoms with E-state index in [-0.39, 0.29) is 18.6 Å². The summed E-state index contributed by atoms with van der Waals surface area (Å²) in [6.07, 6.45) is 1.38. The average molecular weight is 279 g/mol. The second-order valence-electron chi connectivity index (χ2n) is 4.29. The molecular formula is C15H21NO2S. The minimum Gasteiger partial charge on any atom is -0.395 e. The maximum Gasteiger partial charge on any atom is 0.265 e. The van der Waals surface area contributed by atoms with Crippen LogP contribution in [0.15, 0.2) is 11.4 Å². The molecule has 1 rings (SSSR count). The molecule has 0 aliphatic rings. The van der Waals surface area contributed by atoms with Gasteiger partial charge in [-0.05, 0) is 31.7 Å². The molecule has 1 heterocycles. The first-order chi connectivity index (χ1) is 9.15. The van der Waals surface area contributed by atoms with Crippen LogP contribution in [0.1, 0.15) is 48.8 Å². The van der Waals surface area contributed by atoms with Crippen LogP contribution in [0.3, 0.4) is 0 Å². The maximum absolute atomic E-state index is 12.5. The van der Waals surface area contributed by atoms with Gasteiger partial charge in [-0.15, -0.1) is 11.3 Å². The summed E-state index contributed by atoms with van der Waals surface area (Å²) in [5.74, 6) is 5.89. The lowest BCUT2D eigenvalue weighted by molar-refractivity contribution is 0.0704. The van der Waals surface area contributed by atoms with Crippen molar-refractivity contribution in [2.45, 2.75) is 39.7 Å². The number of aliphatic hydroxyl groups excluding tert-OH is 1. The normalized spacial score (nSPS) is 11.6. The van der Waals surface area contributed by atoms with Crippen LogP contribution < -0.4 is 0 Å². The SMILES string of the molecule is CCC(C)N(CC)C(=O)c1sccc1C#CCCO. The highest BCUT2D eigenvalue weighted by atomic mass is 32.1. The van der Waals surface area contributed by atoms with Gasteiger partial charge in [0.1, 0.15) is 4.88 Å². The van der Waals surface area contributed by atoms with Gasteiger partial charge in [-0.25, -0.2) is 0 Å². The smallest absolute Gasteiger partial charge is 0.265 e. The first-order valence-electron chi connectivity index (χ1n) is 6.63. The van der Waals surface area contributed by atoms with Crippen molar-refractivity contribution in [3.8, 4) is 11.8 Å². The Labute approximate surface area is 119 Å². The molecule has 0 spiro atoms. The highest BCUT2D eigenvalue weighted by Crippen LogP contribution is 2.20. The van der Waals surface area contributed by atoms with Gasteiger partial charge >= 0.3 is 0 Å². The van der Waals surface area contributed by atoms with Crippen LogP contribution in [0.25, 0.3) is 0 Å². The van der Waals surface area contributed by atoms with Crippen LogP contribution >= 0.6 is 11.3 Å². The van der Waals surface area contributed by atoms with E-state index in [2.05, 4.69) is 25.7 Å². The average Bonchev–Trinajstić information content (AvgIpc) is 2.87. The molecule has 1 N–H and O–H groups in total. The second kappa shape index (κ2) is 7.98. The third-order valence-electron chi connectivity index (χ3n) is 3.04. The van der Waals surface area contributed by atoms with Crippen molar-refractivity contribution in [2.24, 2.45) is 0 Å². The van der Waals surface area contributed by atoms with Crippen LogP contribution in [-0.4, -0.2) is 35.1 Å². The number of nitrogens with zero attached hydrogens (tertiary/aromatic N) is 1. The number of amides is 1. The van der Waals surface area contributed by atoms with E-state index in [1.54, 1.807) is 0 Å². The van der Waals surface area contributed by atoms with Crippen LogP contribution in [0.2, 0.25) is 0 Å². The highest BCUT2D eigenvalue weighted by molar-refractivity contribution is 7.12. The van der Waals surface area contributed by atoms with Crippen LogP contribution in [-0.2, 0) is 0 Å². The number of hydrogen-bond acceptors (Lipinski definition) is 3. The molecule has 19 heavy (non-hydrogen) atoms. The lowest BCUT2D eigenvalue weighted by Crippen LogP contribution is -2.38. The summed E-state index contributed by atoms with van der Waals surface area (Å²) in [6.45, 7) is 6.89. The third-order valence-corrected chi connectivity index (χ3v) is 3.95. The van der Waals surface area contributed by atoms with Crippen molar-refractivity contribution < 1.29 is 9.90 Å². The molecule has 0 aromatic carbocycles. The Balaban J connectivity index is 2.94. The predicted molar refractivity (Wildman–Crippen MR) is 79.4 cm³/mol. The van der Waals surface area contributed by atoms with Crippen LogP contribution in [0.4, 0.5) is 0 Å². The second-order valence-corrected chi connectivity index (χ2v) is 5.20. The minimum atomic E-state index is 0.0500. The van der Waals surface area contributed by atoms with Gasteiger partial charge in [0.15, 0.2) is 0 Å². The molecule has 1 atom stereocenters. The van der Waals surface area contributed by atoms with Crippen LogP contribution in [0.5, 0.6) is 0 Å². The summed E-state index contributed by atoms with van der Waals surface area (Å²) < 4.78 is 0. The summed E-state index contributed by atoms with van der Waals surface area (Å²) >= 11 is 1.43. The molecule has 1 aromatic heterocycles. The van der Waals surface area contributed by atoms with Crippen molar-refractivity contribution in [2.75, 3.05) is 13.2 Å². The first kappa shape index (κ1) is 15.7. The van der Waals surface area contributed by atoms with Gasteiger partial charge in [-0.3, -0.25) is 4.79 Å². The van der Waals surface area contributed by atoms with E-state index in [9.17, 15) is 4.79 Å². The minimum absolute atomic E-state index is 0.0500. The Morgan fingerprint density at radius 3 is 2.84 bits per heavy atom. The number of carbonyl (C=O) groups is 1. The van der Waals surface area contributed by atoms with E-state index in [1.165, 1.54) is 11.3 Å². The zero-order chi connectivity index (χ0) is 14.3. The Kier molecular flexibility index (Phi) is 6.61. The maximum atomic E-state index is 12.5. The van der Waals surface area contributed by atoms with Gasteiger partial charge in [0.25, 0.3) is 5.91 Å². The largest absolute Gasteiger partial charge is 0.395 e. The fourth-order valence-electron chi connectivity index (χ4n) is 1.79. The first-order valence-corrected chi connectivity index (χ1v) is 7.51. The lowest BCUT2D eigenvalue weighted by atomic mass is 10.2. The van der Waals surface area contributed by atoms with E-state index in [0.29, 0.717) is 17.8 Å². The molecule has 1 unspecified atom stereocenters. The molecule has 1 amide bonds.